The summed E-state index contributed by atoms with van der Waals surface area (Å²) in [4.78, 5) is 23.8. The van der Waals surface area contributed by atoms with Crippen LogP contribution in [0.3, 0.4) is 0 Å². The molecule has 28 heavy (non-hydrogen) atoms. The van der Waals surface area contributed by atoms with Gasteiger partial charge in [-0.25, -0.2) is 0 Å². The zero-order valence-electron chi connectivity index (χ0n) is 16.4. The molecule has 1 N–H and O–H groups in total. The third-order valence-corrected chi connectivity index (χ3v) is 6.28. The summed E-state index contributed by atoms with van der Waals surface area (Å²) in [5.74, 6) is 1.77. The van der Waals surface area contributed by atoms with Crippen LogP contribution in [0.25, 0.3) is 0 Å². The molecule has 0 saturated heterocycles. The van der Waals surface area contributed by atoms with E-state index in [9.17, 15) is 9.59 Å². The second-order valence-electron chi connectivity index (χ2n) is 7.77. The third-order valence-electron chi connectivity index (χ3n) is 5.22. The summed E-state index contributed by atoms with van der Waals surface area (Å²) in [6, 6.07) is 8.21. The quantitative estimate of drug-likeness (QED) is 0.516. The van der Waals surface area contributed by atoms with Crippen molar-refractivity contribution in [1.29, 1.82) is 0 Å². The highest BCUT2D eigenvalue weighted by Crippen LogP contribution is 2.46. The molecule has 0 unspecified atom stereocenters. The van der Waals surface area contributed by atoms with Crippen molar-refractivity contribution in [1.82, 2.24) is 20.1 Å². The van der Waals surface area contributed by atoms with Crippen LogP contribution < -0.4 is 5.32 Å². The largest absolute Gasteiger partial charge is 0.356 e. The summed E-state index contributed by atoms with van der Waals surface area (Å²) >= 11 is 1.52. The second kappa shape index (κ2) is 8.07. The second-order valence-corrected chi connectivity index (χ2v) is 9.08. The van der Waals surface area contributed by atoms with Gasteiger partial charge >= 0.3 is 0 Å². The number of aromatic nitrogens is 3. The molecule has 7 heteroatoms. The molecular weight excluding hydrogens is 372 g/mol. The Morgan fingerprint density at radius 2 is 1.89 bits per heavy atom. The molecule has 0 bridgehead atoms. The lowest BCUT2D eigenvalue weighted by Gasteiger charge is -2.12. The minimum Gasteiger partial charge on any atom is -0.356 e. The Morgan fingerprint density at radius 3 is 2.50 bits per heavy atom. The SMILES string of the molecule is CC(=O)NCCc1ccc(C(=O)[C@H](C)Sc2nnc(C3CC3)n2C2CC2)cc1. The summed E-state index contributed by atoms with van der Waals surface area (Å²) in [5, 5.41) is 12.3. The molecule has 4 rings (SSSR count). The monoisotopic (exact) mass is 398 g/mol. The summed E-state index contributed by atoms with van der Waals surface area (Å²) in [7, 11) is 0. The van der Waals surface area contributed by atoms with Gasteiger partial charge in [-0.15, -0.1) is 10.2 Å². The van der Waals surface area contributed by atoms with E-state index in [1.807, 2.05) is 31.2 Å². The predicted octanol–water partition coefficient (Wildman–Crippen LogP) is 3.53. The molecule has 1 atom stereocenters. The van der Waals surface area contributed by atoms with Crippen molar-refractivity contribution in [2.75, 3.05) is 6.54 Å². The van der Waals surface area contributed by atoms with E-state index < -0.39 is 0 Å². The van der Waals surface area contributed by atoms with E-state index in [-0.39, 0.29) is 16.9 Å². The van der Waals surface area contributed by atoms with Gasteiger partial charge in [0.1, 0.15) is 5.82 Å². The lowest BCUT2D eigenvalue weighted by atomic mass is 10.0. The molecule has 148 valence electrons. The standard InChI is InChI=1S/C21H26N4O2S/c1-13(19(27)16-5-3-15(4-6-16)11-12-22-14(2)26)28-21-24-23-20(17-7-8-17)25(21)18-9-10-18/h3-6,13,17-18H,7-12H2,1-2H3,(H,22,26)/t13-/m0/s1. The summed E-state index contributed by atoms with van der Waals surface area (Å²) in [5.41, 5.74) is 1.82. The fourth-order valence-corrected chi connectivity index (χ4v) is 4.33. The summed E-state index contributed by atoms with van der Waals surface area (Å²) in [6.07, 6.45) is 5.55. The zero-order valence-corrected chi connectivity index (χ0v) is 17.2. The lowest BCUT2D eigenvalue weighted by molar-refractivity contribution is -0.118. The molecule has 0 spiro atoms. The number of ketones is 1. The number of carbonyl (C=O) groups excluding carboxylic acids is 2. The van der Waals surface area contributed by atoms with Crippen molar-refractivity contribution in [2.45, 2.75) is 68.3 Å². The number of nitrogens with zero attached hydrogens (tertiary/aromatic N) is 3. The molecule has 1 aromatic carbocycles. The number of rotatable bonds is 9. The summed E-state index contributed by atoms with van der Waals surface area (Å²) < 4.78 is 2.29. The number of carbonyl (C=O) groups is 2. The van der Waals surface area contributed by atoms with E-state index in [4.69, 9.17) is 0 Å². The van der Waals surface area contributed by atoms with Gasteiger partial charge in [-0.05, 0) is 44.6 Å². The Labute approximate surface area is 169 Å². The Balaban J connectivity index is 1.39. The molecule has 2 aliphatic carbocycles. The number of hydrogen-bond acceptors (Lipinski definition) is 5. The molecule has 2 saturated carbocycles. The highest BCUT2D eigenvalue weighted by Gasteiger charge is 2.37. The van der Waals surface area contributed by atoms with E-state index in [1.54, 1.807) is 0 Å². The van der Waals surface area contributed by atoms with E-state index >= 15 is 0 Å². The van der Waals surface area contributed by atoms with Gasteiger partial charge in [0.05, 0.1) is 5.25 Å². The Bertz CT molecular complexity index is 869. The molecule has 0 aliphatic heterocycles. The number of hydrogen-bond donors (Lipinski definition) is 1. The molecule has 2 aliphatic rings. The molecule has 2 fully saturated rings. The van der Waals surface area contributed by atoms with Gasteiger partial charge in [0.25, 0.3) is 0 Å². The van der Waals surface area contributed by atoms with Crippen LogP contribution in [0, 0.1) is 0 Å². The highest BCUT2D eigenvalue weighted by atomic mass is 32.2. The Morgan fingerprint density at radius 1 is 1.18 bits per heavy atom. The van der Waals surface area contributed by atoms with Crippen molar-refractivity contribution in [3.8, 4) is 0 Å². The van der Waals surface area contributed by atoms with Crippen molar-refractivity contribution in [3.63, 3.8) is 0 Å². The molecular formula is C21H26N4O2S. The van der Waals surface area contributed by atoms with Crippen molar-refractivity contribution in [3.05, 3.63) is 41.2 Å². The predicted molar refractivity (Wildman–Crippen MR) is 109 cm³/mol. The van der Waals surface area contributed by atoms with Crippen molar-refractivity contribution in [2.24, 2.45) is 0 Å². The lowest BCUT2D eigenvalue weighted by Crippen LogP contribution is -2.22. The fraction of sp³-hybridized carbons (Fsp3) is 0.524. The first kappa shape index (κ1) is 19.2. The van der Waals surface area contributed by atoms with E-state index in [0.717, 1.165) is 23.0 Å². The number of Topliss-reactive ketones (excluding diaryl/α,β-unsaturated/α-hetero) is 1. The minimum atomic E-state index is -0.209. The summed E-state index contributed by atoms with van der Waals surface area (Å²) in [6.45, 7) is 4.06. The number of nitrogens with one attached hydrogen (secondary N) is 1. The third kappa shape index (κ3) is 4.46. The Kier molecular flexibility index (Phi) is 5.53. The van der Waals surface area contributed by atoms with Gasteiger partial charge in [-0.1, -0.05) is 36.0 Å². The van der Waals surface area contributed by atoms with Crippen LogP contribution in [0.5, 0.6) is 0 Å². The smallest absolute Gasteiger partial charge is 0.216 e. The fourth-order valence-electron chi connectivity index (χ4n) is 3.33. The normalized spacial score (nSPS) is 17.4. The van der Waals surface area contributed by atoms with Gasteiger partial charge in [-0.3, -0.25) is 9.59 Å². The maximum absolute atomic E-state index is 12.9. The average molecular weight is 399 g/mol. The first-order valence-corrected chi connectivity index (χ1v) is 10.9. The maximum Gasteiger partial charge on any atom is 0.216 e. The molecule has 1 amide bonds. The van der Waals surface area contributed by atoms with Gasteiger partial charge in [0.2, 0.25) is 5.91 Å². The molecule has 0 radical (unpaired) electrons. The molecule has 1 aromatic heterocycles. The van der Waals surface area contributed by atoms with Gasteiger partial charge < -0.3 is 9.88 Å². The van der Waals surface area contributed by atoms with Crippen LogP contribution >= 0.6 is 11.8 Å². The van der Waals surface area contributed by atoms with Crippen LogP contribution in [-0.2, 0) is 11.2 Å². The zero-order chi connectivity index (χ0) is 19.7. The van der Waals surface area contributed by atoms with Gasteiger partial charge in [0.15, 0.2) is 10.9 Å². The topological polar surface area (TPSA) is 76.9 Å². The average Bonchev–Trinajstić information content (AvgIpc) is 3.60. The van der Waals surface area contributed by atoms with Gasteiger partial charge in [-0.2, -0.15) is 0 Å². The molecule has 1 heterocycles. The first-order valence-electron chi connectivity index (χ1n) is 10.0. The van der Waals surface area contributed by atoms with Crippen molar-refractivity contribution >= 4 is 23.5 Å². The van der Waals surface area contributed by atoms with Crippen LogP contribution in [0.15, 0.2) is 29.4 Å². The van der Waals surface area contributed by atoms with Crippen LogP contribution in [0.4, 0.5) is 0 Å². The van der Waals surface area contributed by atoms with Crippen LogP contribution in [-0.4, -0.2) is 38.2 Å². The van der Waals surface area contributed by atoms with E-state index in [2.05, 4.69) is 20.1 Å². The maximum atomic E-state index is 12.9. The number of thioether (sulfide) groups is 1. The van der Waals surface area contributed by atoms with Crippen LogP contribution in [0.1, 0.15) is 73.2 Å². The van der Waals surface area contributed by atoms with Gasteiger partial charge in [0, 0.05) is 31.0 Å². The first-order chi connectivity index (χ1) is 13.5. The molecule has 2 aromatic rings. The number of benzene rings is 1. The number of amides is 1. The minimum absolute atomic E-state index is 0.0264. The highest BCUT2D eigenvalue weighted by molar-refractivity contribution is 8.00. The van der Waals surface area contributed by atoms with Crippen LogP contribution in [0.2, 0.25) is 0 Å². The van der Waals surface area contributed by atoms with E-state index in [0.29, 0.717) is 24.1 Å². The molecule has 6 nitrogen and oxygen atoms in total. The van der Waals surface area contributed by atoms with E-state index in [1.165, 1.54) is 44.4 Å². The Hall–Kier alpha value is -2.15. The van der Waals surface area contributed by atoms with Crippen molar-refractivity contribution < 1.29 is 9.59 Å².